The average molecular weight is 650 g/mol. The zero-order chi connectivity index (χ0) is 30.3. The van der Waals surface area contributed by atoms with Crippen LogP contribution in [0.5, 0.6) is 11.5 Å². The number of hydrogen-bond donors (Lipinski definition) is 1. The predicted octanol–water partition coefficient (Wildman–Crippen LogP) is 7.59. The molecule has 0 atom stereocenters. The van der Waals surface area contributed by atoms with Crippen LogP contribution in [0, 0.1) is 0 Å². The number of piperidine rings is 1. The Labute approximate surface area is 266 Å². The smallest absolute Gasteiger partial charge is 0.251 e. The summed E-state index contributed by atoms with van der Waals surface area (Å²) in [6, 6.07) is 31.3. The highest BCUT2D eigenvalue weighted by molar-refractivity contribution is 9.10. The first kappa shape index (κ1) is 29.6. The number of ether oxygens (including phenoxy) is 2. The van der Waals surface area contributed by atoms with Crippen molar-refractivity contribution in [3.05, 3.63) is 147 Å². The van der Waals surface area contributed by atoms with Crippen molar-refractivity contribution in [1.29, 1.82) is 0 Å². The fourth-order valence-electron chi connectivity index (χ4n) is 5.43. The number of halogens is 1. The van der Waals surface area contributed by atoms with Gasteiger partial charge in [-0.3, -0.25) is 14.5 Å². The van der Waals surface area contributed by atoms with Crippen LogP contribution in [0.2, 0.25) is 0 Å². The molecule has 6 nitrogen and oxygen atoms in total. The van der Waals surface area contributed by atoms with E-state index in [-0.39, 0.29) is 17.7 Å². The van der Waals surface area contributed by atoms with Crippen molar-refractivity contribution in [2.75, 3.05) is 13.1 Å². The number of allylic oxidation sites excluding steroid dienone is 3. The molecular weight excluding hydrogens is 616 g/mol. The van der Waals surface area contributed by atoms with Gasteiger partial charge in [0.25, 0.3) is 5.91 Å². The highest BCUT2D eigenvalue weighted by Gasteiger charge is 2.27. The van der Waals surface area contributed by atoms with Crippen LogP contribution in [0.4, 0.5) is 0 Å². The van der Waals surface area contributed by atoms with E-state index in [9.17, 15) is 9.59 Å². The van der Waals surface area contributed by atoms with Crippen molar-refractivity contribution in [1.82, 2.24) is 10.2 Å². The van der Waals surface area contributed by atoms with Gasteiger partial charge in [0.15, 0.2) is 5.76 Å². The van der Waals surface area contributed by atoms with Crippen molar-refractivity contribution in [3.8, 4) is 11.5 Å². The number of ketones is 1. The third-order valence-corrected chi connectivity index (χ3v) is 8.34. The summed E-state index contributed by atoms with van der Waals surface area (Å²) in [4.78, 5) is 27.8. The van der Waals surface area contributed by atoms with E-state index < -0.39 is 0 Å². The minimum atomic E-state index is -0.132. The number of rotatable bonds is 9. The standard InChI is InChI=1S/C37H33BrN2O4/c38-30-14-12-29(13-15-30)37(42)39-31-18-20-40(21-19-31)24-27-9-4-10-28(22-27)25-43-32-16-17-33-35(23-32)44-34(36(33)41)11-5-8-26-6-2-1-3-7-26/h1-17,22-23,31H,18-21,24-25H2,(H,39,42)/b8-5+,34-11+. The summed E-state index contributed by atoms with van der Waals surface area (Å²) in [7, 11) is 0. The molecule has 1 amide bonds. The summed E-state index contributed by atoms with van der Waals surface area (Å²) in [5, 5.41) is 3.18. The molecule has 0 radical (unpaired) electrons. The number of fused-ring (bicyclic) bond motifs is 1. The van der Waals surface area contributed by atoms with Crippen LogP contribution in [0.25, 0.3) is 6.08 Å². The van der Waals surface area contributed by atoms with Gasteiger partial charge >= 0.3 is 0 Å². The monoisotopic (exact) mass is 648 g/mol. The molecule has 4 aromatic carbocycles. The summed E-state index contributed by atoms with van der Waals surface area (Å²) in [6.45, 7) is 3.12. The Morgan fingerprint density at radius 2 is 1.70 bits per heavy atom. The maximum absolute atomic E-state index is 12.8. The Balaban J connectivity index is 0.984. The highest BCUT2D eigenvalue weighted by Crippen LogP contribution is 2.34. The number of Topliss-reactive ketones (excluding diaryl/α,β-unsaturated/α-hetero) is 1. The first-order chi connectivity index (χ1) is 21.5. The van der Waals surface area contributed by atoms with Gasteiger partial charge in [-0.1, -0.05) is 82.7 Å². The molecule has 2 aliphatic rings. The molecule has 44 heavy (non-hydrogen) atoms. The SMILES string of the molecule is O=C(NC1CCN(Cc2cccc(COc3ccc4c(c3)O/C(=C/C=C/c3ccccc3)C4=O)c2)CC1)c1ccc(Br)cc1. The Hall–Kier alpha value is -4.46. The van der Waals surface area contributed by atoms with Crippen LogP contribution in [-0.4, -0.2) is 35.7 Å². The highest BCUT2D eigenvalue weighted by atomic mass is 79.9. The van der Waals surface area contributed by atoms with Crippen LogP contribution in [0.1, 0.15) is 50.2 Å². The second-order valence-corrected chi connectivity index (χ2v) is 11.9. The molecule has 1 N–H and O–H groups in total. The van der Waals surface area contributed by atoms with Crippen LogP contribution < -0.4 is 14.8 Å². The van der Waals surface area contributed by atoms with Gasteiger partial charge in [0.2, 0.25) is 5.78 Å². The zero-order valence-electron chi connectivity index (χ0n) is 24.2. The van der Waals surface area contributed by atoms with E-state index in [4.69, 9.17) is 9.47 Å². The molecule has 7 heteroatoms. The van der Waals surface area contributed by atoms with Gasteiger partial charge in [-0.25, -0.2) is 0 Å². The van der Waals surface area contributed by atoms with E-state index in [1.54, 1.807) is 18.2 Å². The Morgan fingerprint density at radius 3 is 2.50 bits per heavy atom. The maximum Gasteiger partial charge on any atom is 0.251 e. The zero-order valence-corrected chi connectivity index (χ0v) is 25.8. The van der Waals surface area contributed by atoms with Crippen LogP contribution in [0.15, 0.2) is 119 Å². The van der Waals surface area contributed by atoms with Gasteiger partial charge < -0.3 is 14.8 Å². The van der Waals surface area contributed by atoms with E-state index in [1.165, 1.54) is 5.56 Å². The second kappa shape index (κ2) is 13.9. The lowest BCUT2D eigenvalue weighted by molar-refractivity contribution is 0.0908. The lowest BCUT2D eigenvalue weighted by Gasteiger charge is -2.32. The molecule has 222 valence electrons. The third kappa shape index (κ3) is 7.54. The molecule has 0 aliphatic carbocycles. The van der Waals surface area contributed by atoms with Gasteiger partial charge in [0, 0.05) is 41.8 Å². The number of nitrogens with zero attached hydrogens (tertiary/aromatic N) is 1. The normalized spacial score (nSPS) is 16.2. The quantitative estimate of drug-likeness (QED) is 0.189. The maximum atomic E-state index is 12.8. The molecule has 0 spiro atoms. The topological polar surface area (TPSA) is 67.9 Å². The fourth-order valence-corrected chi connectivity index (χ4v) is 5.69. The summed E-state index contributed by atoms with van der Waals surface area (Å²) < 4.78 is 12.9. The number of carbonyl (C=O) groups excluding carboxylic acids is 2. The third-order valence-electron chi connectivity index (χ3n) is 7.81. The van der Waals surface area contributed by atoms with Crippen LogP contribution in [0.3, 0.4) is 0 Å². The largest absolute Gasteiger partial charge is 0.489 e. The number of benzene rings is 4. The lowest BCUT2D eigenvalue weighted by atomic mass is 10.0. The van der Waals surface area contributed by atoms with Gasteiger partial charge in [0.1, 0.15) is 18.1 Å². The van der Waals surface area contributed by atoms with Gasteiger partial charge in [-0.05, 0) is 72.0 Å². The molecule has 2 heterocycles. The van der Waals surface area contributed by atoms with E-state index in [2.05, 4.69) is 50.4 Å². The van der Waals surface area contributed by atoms with E-state index >= 15 is 0 Å². The molecule has 1 saturated heterocycles. The minimum Gasteiger partial charge on any atom is -0.489 e. The Kier molecular flexibility index (Phi) is 9.34. The van der Waals surface area contributed by atoms with E-state index in [0.717, 1.165) is 48.1 Å². The molecule has 0 aromatic heterocycles. The van der Waals surface area contributed by atoms with Gasteiger partial charge in [-0.15, -0.1) is 0 Å². The molecule has 4 aromatic rings. The number of amides is 1. The Morgan fingerprint density at radius 1 is 0.932 bits per heavy atom. The number of hydrogen-bond acceptors (Lipinski definition) is 5. The lowest BCUT2D eigenvalue weighted by Crippen LogP contribution is -2.44. The molecule has 6 rings (SSSR count). The molecule has 0 saturated carbocycles. The fraction of sp³-hybridized carbons (Fsp3) is 0.189. The van der Waals surface area contributed by atoms with Crippen molar-refractivity contribution in [3.63, 3.8) is 0 Å². The van der Waals surface area contributed by atoms with Gasteiger partial charge in [-0.2, -0.15) is 0 Å². The second-order valence-electron chi connectivity index (χ2n) is 11.0. The summed E-state index contributed by atoms with van der Waals surface area (Å²) in [6.07, 6.45) is 7.31. The van der Waals surface area contributed by atoms with Crippen molar-refractivity contribution in [2.24, 2.45) is 0 Å². The van der Waals surface area contributed by atoms with E-state index in [1.807, 2.05) is 72.8 Å². The number of carbonyl (C=O) groups is 2. The minimum absolute atomic E-state index is 0.0157. The number of likely N-dealkylation sites (tertiary alicyclic amines) is 1. The average Bonchev–Trinajstić information content (AvgIpc) is 3.36. The van der Waals surface area contributed by atoms with Crippen LogP contribution >= 0.6 is 15.9 Å². The van der Waals surface area contributed by atoms with Crippen LogP contribution in [-0.2, 0) is 13.2 Å². The van der Waals surface area contributed by atoms with Crippen molar-refractivity contribution >= 4 is 33.7 Å². The summed E-state index contributed by atoms with van der Waals surface area (Å²) >= 11 is 3.41. The summed E-state index contributed by atoms with van der Waals surface area (Å²) in [5.74, 6) is 1.31. The number of nitrogens with one attached hydrogen (secondary N) is 1. The molecular formula is C37H33BrN2O4. The predicted molar refractivity (Wildman–Crippen MR) is 176 cm³/mol. The first-order valence-corrected chi connectivity index (χ1v) is 15.6. The van der Waals surface area contributed by atoms with Crippen molar-refractivity contribution < 1.29 is 19.1 Å². The summed E-state index contributed by atoms with van der Waals surface area (Å²) in [5.41, 5.74) is 4.57. The molecule has 2 aliphatic heterocycles. The van der Waals surface area contributed by atoms with E-state index in [0.29, 0.717) is 35.0 Å². The Bertz CT molecular complexity index is 1690. The molecule has 0 bridgehead atoms. The molecule has 1 fully saturated rings. The van der Waals surface area contributed by atoms with Gasteiger partial charge in [0.05, 0.1) is 5.56 Å². The molecule has 0 unspecified atom stereocenters. The van der Waals surface area contributed by atoms with Crippen molar-refractivity contribution in [2.45, 2.75) is 32.0 Å². The first-order valence-electron chi connectivity index (χ1n) is 14.8.